The van der Waals surface area contributed by atoms with Crippen LogP contribution in [0.2, 0.25) is 0 Å². The number of aromatic nitrogens is 1. The summed E-state index contributed by atoms with van der Waals surface area (Å²) in [5, 5.41) is 3.89. The lowest BCUT2D eigenvalue weighted by Crippen LogP contribution is -2.42. The molecule has 0 unspecified atom stereocenters. The first kappa shape index (κ1) is 19.4. The molecule has 0 bridgehead atoms. The summed E-state index contributed by atoms with van der Waals surface area (Å²) in [4.78, 5) is 2.23. The fourth-order valence-electron chi connectivity index (χ4n) is 2.87. The van der Waals surface area contributed by atoms with Crippen molar-refractivity contribution in [1.29, 1.82) is 0 Å². The van der Waals surface area contributed by atoms with Crippen LogP contribution in [-0.4, -0.2) is 43.4 Å². The highest BCUT2D eigenvalue weighted by Crippen LogP contribution is 2.26. The fourth-order valence-corrected chi connectivity index (χ4v) is 3.75. The maximum Gasteiger partial charge on any atom is 0.211 e. The topological polar surface area (TPSA) is 75.4 Å². The molecule has 0 amide bonds. The zero-order valence-electron chi connectivity index (χ0n) is 13.6. The van der Waals surface area contributed by atoms with Crippen molar-refractivity contribution >= 4 is 22.4 Å². The van der Waals surface area contributed by atoms with E-state index < -0.39 is 10.0 Å². The Morgan fingerprint density at radius 2 is 2.14 bits per heavy atom. The van der Waals surface area contributed by atoms with Crippen molar-refractivity contribution in [1.82, 2.24) is 14.8 Å². The zero-order chi connectivity index (χ0) is 15.6. The van der Waals surface area contributed by atoms with Crippen LogP contribution in [0.15, 0.2) is 10.6 Å². The quantitative estimate of drug-likeness (QED) is 0.845. The predicted molar refractivity (Wildman–Crippen MR) is 88.5 cm³/mol. The van der Waals surface area contributed by atoms with Gasteiger partial charge < -0.3 is 4.52 Å². The number of aryl methyl sites for hydroxylation is 1. The van der Waals surface area contributed by atoms with Gasteiger partial charge in [0.2, 0.25) is 10.0 Å². The van der Waals surface area contributed by atoms with Gasteiger partial charge in [-0.3, -0.25) is 4.90 Å². The summed E-state index contributed by atoms with van der Waals surface area (Å²) in [6.45, 7) is 10.1. The highest BCUT2D eigenvalue weighted by molar-refractivity contribution is 7.89. The van der Waals surface area contributed by atoms with Crippen LogP contribution < -0.4 is 4.72 Å². The fraction of sp³-hybridized carbons (Fsp3) is 0.786. The molecule has 128 valence electrons. The lowest BCUT2D eigenvalue weighted by molar-refractivity contribution is 0.256. The predicted octanol–water partition coefficient (Wildman–Crippen LogP) is 1.80. The molecule has 0 radical (unpaired) electrons. The van der Waals surface area contributed by atoms with E-state index in [1.165, 1.54) is 0 Å². The minimum Gasteiger partial charge on any atom is -0.360 e. The Labute approximate surface area is 139 Å². The van der Waals surface area contributed by atoms with Crippen LogP contribution in [-0.2, 0) is 16.6 Å². The number of sulfonamides is 1. The van der Waals surface area contributed by atoms with E-state index >= 15 is 0 Å². The summed E-state index contributed by atoms with van der Waals surface area (Å²) >= 11 is 0. The summed E-state index contributed by atoms with van der Waals surface area (Å²) < 4.78 is 31.8. The maximum absolute atomic E-state index is 11.8. The monoisotopic (exact) mass is 351 g/mol. The molecule has 2 heterocycles. The average molecular weight is 352 g/mol. The van der Waals surface area contributed by atoms with Gasteiger partial charge in [-0.15, -0.1) is 12.4 Å². The van der Waals surface area contributed by atoms with Crippen molar-refractivity contribution in [2.45, 2.75) is 40.3 Å². The highest BCUT2D eigenvalue weighted by atomic mass is 35.5. The molecule has 1 saturated heterocycles. The highest BCUT2D eigenvalue weighted by Gasteiger charge is 2.36. The summed E-state index contributed by atoms with van der Waals surface area (Å²) in [6.07, 6.45) is 0. The number of nitrogens with zero attached hydrogens (tertiary/aromatic N) is 2. The summed E-state index contributed by atoms with van der Waals surface area (Å²) in [5.74, 6) is 1.69. The molecule has 1 N–H and O–H groups in total. The largest absolute Gasteiger partial charge is 0.360 e. The minimum absolute atomic E-state index is 0. The second kappa shape index (κ2) is 7.77. The standard InChI is InChI=1S/C14H25N3O3S.ClH/c1-5-21(18,19)16-14-9-17(8-13(14)10(2)3)7-12-6-11(4)15-20-12;/h6,10,13-14,16H,5,7-9H2,1-4H3;1H/t13-,14+;/m1./s1. The number of halogens is 1. The van der Waals surface area contributed by atoms with Crippen molar-refractivity contribution in [3.8, 4) is 0 Å². The summed E-state index contributed by atoms with van der Waals surface area (Å²) in [6, 6.07) is 1.90. The van der Waals surface area contributed by atoms with E-state index in [1.54, 1.807) is 6.92 Å². The van der Waals surface area contributed by atoms with E-state index in [2.05, 4.69) is 28.6 Å². The second-order valence-electron chi connectivity index (χ2n) is 6.16. The Hall–Kier alpha value is -0.630. The first-order valence-electron chi connectivity index (χ1n) is 7.45. The minimum atomic E-state index is -3.17. The van der Waals surface area contributed by atoms with Gasteiger partial charge in [-0.2, -0.15) is 0 Å². The molecule has 2 rings (SSSR count). The Morgan fingerprint density at radius 3 is 2.64 bits per heavy atom. The van der Waals surface area contributed by atoms with Crippen molar-refractivity contribution in [2.24, 2.45) is 11.8 Å². The molecule has 1 aromatic rings. The molecular weight excluding hydrogens is 326 g/mol. The second-order valence-corrected chi connectivity index (χ2v) is 8.21. The van der Waals surface area contributed by atoms with Crippen molar-refractivity contribution in [3.63, 3.8) is 0 Å². The molecule has 1 aliphatic rings. The number of rotatable bonds is 6. The van der Waals surface area contributed by atoms with Crippen molar-refractivity contribution < 1.29 is 12.9 Å². The zero-order valence-corrected chi connectivity index (χ0v) is 15.2. The lowest BCUT2D eigenvalue weighted by atomic mass is 9.92. The molecule has 2 atom stereocenters. The molecule has 0 aromatic carbocycles. The van der Waals surface area contributed by atoms with Gasteiger partial charge in [0.05, 0.1) is 18.0 Å². The molecule has 0 saturated carbocycles. The summed E-state index contributed by atoms with van der Waals surface area (Å²) in [5.41, 5.74) is 0.868. The number of hydrogen-bond donors (Lipinski definition) is 1. The molecule has 22 heavy (non-hydrogen) atoms. The van der Waals surface area contributed by atoms with Crippen LogP contribution in [0.4, 0.5) is 0 Å². The molecular formula is C14H26ClN3O3S. The smallest absolute Gasteiger partial charge is 0.211 e. The van der Waals surface area contributed by atoms with Gasteiger partial charge in [0, 0.05) is 25.2 Å². The first-order chi connectivity index (χ1) is 9.80. The van der Waals surface area contributed by atoms with Crippen LogP contribution in [0.5, 0.6) is 0 Å². The molecule has 0 aliphatic carbocycles. The van der Waals surface area contributed by atoms with E-state index in [0.29, 0.717) is 24.9 Å². The molecule has 1 aliphatic heterocycles. The van der Waals surface area contributed by atoms with Gasteiger partial charge in [0.15, 0.2) is 5.76 Å². The number of nitrogens with one attached hydrogen (secondary N) is 1. The molecule has 6 nitrogen and oxygen atoms in total. The Bertz CT molecular complexity index is 574. The Kier molecular flexibility index (Phi) is 6.85. The van der Waals surface area contributed by atoms with E-state index in [1.807, 2.05) is 13.0 Å². The van der Waals surface area contributed by atoms with E-state index in [-0.39, 0.29) is 24.2 Å². The number of likely N-dealkylation sites (tertiary alicyclic amines) is 1. The average Bonchev–Trinajstić information content (AvgIpc) is 2.96. The number of hydrogen-bond acceptors (Lipinski definition) is 5. The van der Waals surface area contributed by atoms with E-state index in [9.17, 15) is 8.42 Å². The third-order valence-electron chi connectivity index (χ3n) is 4.06. The van der Waals surface area contributed by atoms with E-state index in [4.69, 9.17) is 4.52 Å². The van der Waals surface area contributed by atoms with Crippen molar-refractivity contribution in [2.75, 3.05) is 18.8 Å². The van der Waals surface area contributed by atoms with E-state index in [0.717, 1.165) is 18.0 Å². The van der Waals surface area contributed by atoms with Crippen LogP contribution in [0.25, 0.3) is 0 Å². The first-order valence-corrected chi connectivity index (χ1v) is 9.10. The van der Waals surface area contributed by atoms with Gasteiger partial charge in [-0.1, -0.05) is 19.0 Å². The third kappa shape index (κ3) is 4.94. The van der Waals surface area contributed by atoms with Crippen LogP contribution in [0.1, 0.15) is 32.2 Å². The molecule has 8 heteroatoms. The van der Waals surface area contributed by atoms with Gasteiger partial charge >= 0.3 is 0 Å². The molecule has 1 fully saturated rings. The van der Waals surface area contributed by atoms with Gasteiger partial charge in [0.1, 0.15) is 0 Å². The normalized spacial score (nSPS) is 23.0. The van der Waals surface area contributed by atoms with Crippen LogP contribution in [0, 0.1) is 18.8 Å². The molecule has 0 spiro atoms. The van der Waals surface area contributed by atoms with Gasteiger partial charge in [-0.05, 0) is 25.7 Å². The Morgan fingerprint density at radius 1 is 1.45 bits per heavy atom. The third-order valence-corrected chi connectivity index (χ3v) is 5.49. The Balaban J connectivity index is 0.00000242. The van der Waals surface area contributed by atoms with Crippen LogP contribution in [0.3, 0.4) is 0 Å². The van der Waals surface area contributed by atoms with Crippen molar-refractivity contribution in [3.05, 3.63) is 17.5 Å². The van der Waals surface area contributed by atoms with Crippen LogP contribution >= 0.6 is 12.4 Å². The van der Waals surface area contributed by atoms with Gasteiger partial charge in [-0.25, -0.2) is 13.1 Å². The lowest BCUT2D eigenvalue weighted by Gasteiger charge is -2.22. The maximum atomic E-state index is 11.8. The summed E-state index contributed by atoms with van der Waals surface area (Å²) in [7, 11) is -3.17. The molecule has 1 aromatic heterocycles. The SMILES string of the molecule is CCS(=O)(=O)N[C@H]1CN(Cc2cc(C)no2)C[C@@H]1C(C)C.Cl. The van der Waals surface area contributed by atoms with Gasteiger partial charge in [0.25, 0.3) is 0 Å².